The van der Waals surface area contributed by atoms with Gasteiger partial charge in [-0.15, -0.1) is 11.3 Å². The predicted octanol–water partition coefficient (Wildman–Crippen LogP) is 1.35. The van der Waals surface area contributed by atoms with Gasteiger partial charge in [-0.2, -0.15) is 8.42 Å². The highest BCUT2D eigenvalue weighted by Crippen LogP contribution is 2.10. The normalized spacial score (nSPS) is 10.2. The molecule has 0 bridgehead atoms. The molecule has 0 unspecified atom stereocenters. The Kier molecular flexibility index (Phi) is 4.87. The third-order valence-corrected chi connectivity index (χ3v) is 2.27. The van der Waals surface area contributed by atoms with Crippen molar-refractivity contribution in [3.63, 3.8) is 0 Å². The summed E-state index contributed by atoms with van der Waals surface area (Å²) in [5.41, 5.74) is 0. The second-order valence-electron chi connectivity index (χ2n) is 1.85. The van der Waals surface area contributed by atoms with E-state index >= 15 is 0 Å². The van der Waals surface area contributed by atoms with Crippen LogP contribution in [0, 0.1) is 0 Å². The summed E-state index contributed by atoms with van der Waals surface area (Å²) in [5.74, 6) is 0.160. The summed E-state index contributed by atoms with van der Waals surface area (Å²) >= 11 is 1.49. The van der Waals surface area contributed by atoms with E-state index in [-0.39, 0.29) is 5.75 Å². The molecule has 0 atom stereocenters. The summed E-state index contributed by atoms with van der Waals surface area (Å²) in [6.45, 7) is 1.37. The molecule has 6 heteroatoms. The van der Waals surface area contributed by atoms with Gasteiger partial charge in [0.05, 0.1) is 5.75 Å². The standard InChI is InChI=1S/C4H4OS.C2H6O3S/c5-4-1-2-6-3-4;1-2-6(3,4)5/h1-3,5H;2H2,1H3,(H,3,4,5). The van der Waals surface area contributed by atoms with Crippen molar-refractivity contribution in [2.24, 2.45) is 0 Å². The molecule has 0 saturated carbocycles. The van der Waals surface area contributed by atoms with Crippen LogP contribution >= 0.6 is 11.3 Å². The van der Waals surface area contributed by atoms with E-state index in [0.717, 1.165) is 0 Å². The lowest BCUT2D eigenvalue weighted by molar-refractivity contribution is 0.478. The Morgan fingerprint density at radius 2 is 2.08 bits per heavy atom. The Morgan fingerprint density at radius 3 is 2.17 bits per heavy atom. The van der Waals surface area contributed by atoms with Crippen molar-refractivity contribution in [3.05, 3.63) is 16.8 Å². The van der Waals surface area contributed by atoms with E-state index in [1.165, 1.54) is 18.3 Å². The van der Waals surface area contributed by atoms with E-state index in [0.29, 0.717) is 5.75 Å². The van der Waals surface area contributed by atoms with Crippen LogP contribution in [0.2, 0.25) is 0 Å². The highest BCUT2D eigenvalue weighted by Gasteiger charge is 1.93. The van der Waals surface area contributed by atoms with Crippen LogP contribution in [0.4, 0.5) is 0 Å². The molecule has 70 valence electrons. The third-order valence-electron chi connectivity index (χ3n) is 0.871. The molecule has 0 aliphatic rings. The van der Waals surface area contributed by atoms with E-state index in [2.05, 4.69) is 0 Å². The van der Waals surface area contributed by atoms with Gasteiger partial charge in [-0.3, -0.25) is 4.55 Å². The fourth-order valence-electron chi connectivity index (χ4n) is 0.257. The average molecular weight is 210 g/mol. The Bertz CT molecular complexity index is 287. The van der Waals surface area contributed by atoms with Crippen LogP contribution in [-0.2, 0) is 10.1 Å². The van der Waals surface area contributed by atoms with Crippen molar-refractivity contribution < 1.29 is 18.1 Å². The van der Waals surface area contributed by atoms with Crippen molar-refractivity contribution in [1.82, 2.24) is 0 Å². The predicted molar refractivity (Wildman–Crippen MR) is 48.1 cm³/mol. The third kappa shape index (κ3) is 7.52. The summed E-state index contributed by atoms with van der Waals surface area (Å²) < 4.78 is 26.9. The first-order valence-corrected chi connectivity index (χ1v) is 5.67. The Morgan fingerprint density at radius 1 is 1.58 bits per heavy atom. The average Bonchev–Trinajstić information content (AvgIpc) is 2.39. The van der Waals surface area contributed by atoms with E-state index < -0.39 is 10.1 Å². The van der Waals surface area contributed by atoms with Crippen LogP contribution < -0.4 is 0 Å². The molecule has 0 aliphatic heterocycles. The van der Waals surface area contributed by atoms with E-state index in [4.69, 9.17) is 9.66 Å². The largest absolute Gasteiger partial charge is 0.507 e. The minimum absolute atomic E-state index is 0.201. The summed E-state index contributed by atoms with van der Waals surface area (Å²) in [7, 11) is -3.66. The van der Waals surface area contributed by atoms with Gasteiger partial charge in [0.1, 0.15) is 5.75 Å². The maximum absolute atomic E-state index is 9.56. The van der Waals surface area contributed by atoms with Crippen molar-refractivity contribution in [2.75, 3.05) is 5.75 Å². The smallest absolute Gasteiger partial charge is 0.264 e. The molecule has 12 heavy (non-hydrogen) atoms. The molecule has 1 heterocycles. The summed E-state index contributed by atoms with van der Waals surface area (Å²) in [5, 5.41) is 12.0. The Hall–Kier alpha value is -0.590. The fourth-order valence-corrected chi connectivity index (χ4v) is 0.772. The molecule has 0 spiro atoms. The van der Waals surface area contributed by atoms with Crippen LogP contribution in [0.3, 0.4) is 0 Å². The number of hydrogen-bond donors (Lipinski definition) is 2. The molecule has 1 aromatic rings. The highest BCUT2D eigenvalue weighted by molar-refractivity contribution is 7.85. The minimum atomic E-state index is -3.66. The molecule has 1 aromatic heterocycles. The van der Waals surface area contributed by atoms with Crippen molar-refractivity contribution in [1.29, 1.82) is 0 Å². The zero-order valence-corrected chi connectivity index (χ0v) is 8.10. The molecular weight excluding hydrogens is 200 g/mol. The summed E-state index contributed by atoms with van der Waals surface area (Å²) in [4.78, 5) is 0. The lowest BCUT2D eigenvalue weighted by atomic mass is 10.6. The molecule has 0 amide bonds. The molecule has 0 saturated heterocycles. The zero-order chi connectivity index (χ0) is 9.61. The van der Waals surface area contributed by atoms with Gasteiger partial charge in [0.2, 0.25) is 0 Å². The molecule has 1 rings (SSSR count). The van der Waals surface area contributed by atoms with Gasteiger partial charge in [-0.25, -0.2) is 0 Å². The van der Waals surface area contributed by atoms with Crippen LogP contribution in [0.15, 0.2) is 16.8 Å². The molecule has 0 aliphatic carbocycles. The molecule has 4 nitrogen and oxygen atoms in total. The molecule has 2 N–H and O–H groups in total. The van der Waals surface area contributed by atoms with Gasteiger partial charge in [0.15, 0.2) is 0 Å². The van der Waals surface area contributed by atoms with Gasteiger partial charge >= 0.3 is 0 Å². The summed E-state index contributed by atoms with van der Waals surface area (Å²) in [6, 6.07) is 1.66. The monoisotopic (exact) mass is 210 g/mol. The quantitative estimate of drug-likeness (QED) is 0.686. The van der Waals surface area contributed by atoms with Crippen molar-refractivity contribution in [2.45, 2.75) is 6.92 Å². The number of aromatic hydroxyl groups is 1. The summed E-state index contributed by atoms with van der Waals surface area (Å²) in [6.07, 6.45) is 0. The van der Waals surface area contributed by atoms with E-state index in [9.17, 15) is 8.42 Å². The van der Waals surface area contributed by atoms with Crippen molar-refractivity contribution >= 4 is 21.5 Å². The number of thiophene rings is 1. The lowest BCUT2D eigenvalue weighted by Gasteiger charge is -1.79. The van der Waals surface area contributed by atoms with E-state index in [1.807, 2.05) is 5.38 Å². The number of hydrogen-bond acceptors (Lipinski definition) is 4. The topological polar surface area (TPSA) is 74.6 Å². The maximum Gasteiger partial charge on any atom is 0.264 e. The fraction of sp³-hybridized carbons (Fsp3) is 0.333. The van der Waals surface area contributed by atoms with Crippen molar-refractivity contribution in [3.8, 4) is 5.75 Å². The van der Waals surface area contributed by atoms with Crippen LogP contribution in [0.25, 0.3) is 0 Å². The van der Waals surface area contributed by atoms with Gasteiger partial charge in [-0.05, 0) is 18.4 Å². The van der Waals surface area contributed by atoms with Gasteiger partial charge in [-0.1, -0.05) is 0 Å². The minimum Gasteiger partial charge on any atom is -0.507 e. The second-order valence-corrected chi connectivity index (χ2v) is 4.37. The molecule has 0 aromatic carbocycles. The molecular formula is C6H10O4S2. The second kappa shape index (κ2) is 5.13. The van der Waals surface area contributed by atoms with Crippen LogP contribution in [0.1, 0.15) is 6.92 Å². The maximum atomic E-state index is 9.56. The molecule has 0 fully saturated rings. The van der Waals surface area contributed by atoms with Crippen LogP contribution in [-0.4, -0.2) is 23.8 Å². The Balaban J connectivity index is 0.000000202. The highest BCUT2D eigenvalue weighted by atomic mass is 32.2. The van der Waals surface area contributed by atoms with Gasteiger partial charge < -0.3 is 5.11 Å². The SMILES string of the molecule is CCS(=O)(=O)O.Oc1ccsc1. The lowest BCUT2D eigenvalue weighted by Crippen LogP contribution is -1.97. The van der Waals surface area contributed by atoms with E-state index in [1.54, 1.807) is 11.4 Å². The van der Waals surface area contributed by atoms with Gasteiger partial charge in [0, 0.05) is 5.38 Å². The zero-order valence-electron chi connectivity index (χ0n) is 6.47. The van der Waals surface area contributed by atoms with Crippen LogP contribution in [0.5, 0.6) is 5.75 Å². The first-order chi connectivity index (χ1) is 5.45. The first-order valence-electron chi connectivity index (χ1n) is 3.12. The molecule has 0 radical (unpaired) electrons. The Labute approximate surface area is 75.2 Å². The number of rotatable bonds is 1. The van der Waals surface area contributed by atoms with Gasteiger partial charge in [0.25, 0.3) is 10.1 Å². The first kappa shape index (κ1) is 11.4.